The summed E-state index contributed by atoms with van der Waals surface area (Å²) >= 11 is 0. The van der Waals surface area contributed by atoms with Gasteiger partial charge >= 0.3 is 0 Å². The van der Waals surface area contributed by atoms with Gasteiger partial charge in [0.1, 0.15) is 11.3 Å². The number of benzene rings is 2. The number of amides is 1. The summed E-state index contributed by atoms with van der Waals surface area (Å²) in [5.41, 5.74) is 4.00. The second-order valence-corrected chi connectivity index (χ2v) is 10.4. The van der Waals surface area contributed by atoms with Crippen LogP contribution in [0.2, 0.25) is 0 Å². The number of phenols is 1. The van der Waals surface area contributed by atoms with Crippen molar-refractivity contribution in [2.24, 2.45) is 0 Å². The number of ether oxygens (including phenoxy) is 2. The van der Waals surface area contributed by atoms with Crippen molar-refractivity contribution in [1.82, 2.24) is 14.7 Å². The summed E-state index contributed by atoms with van der Waals surface area (Å²) in [5, 5.41) is 9.95. The SMILES string of the molecule is COc1ccc(-c2ccc(C(=O)NS(=O)(=O)c3cccc(C)n3)c(Oc3c(C)cc(C)cc3C)n2)cc1O. The molecule has 2 aromatic heterocycles. The first-order valence-corrected chi connectivity index (χ1v) is 13.1. The predicted molar refractivity (Wildman–Crippen MR) is 142 cm³/mol. The first-order valence-electron chi connectivity index (χ1n) is 11.6. The Kier molecular flexibility index (Phi) is 7.36. The van der Waals surface area contributed by atoms with Gasteiger partial charge in [0, 0.05) is 11.3 Å². The van der Waals surface area contributed by atoms with E-state index in [2.05, 4.69) is 14.7 Å². The second kappa shape index (κ2) is 10.5. The molecule has 196 valence electrons. The van der Waals surface area contributed by atoms with E-state index in [-0.39, 0.29) is 22.2 Å². The molecule has 0 spiro atoms. The largest absolute Gasteiger partial charge is 0.504 e. The van der Waals surface area contributed by atoms with Crippen LogP contribution in [0.4, 0.5) is 0 Å². The van der Waals surface area contributed by atoms with Gasteiger partial charge in [-0.15, -0.1) is 0 Å². The maximum absolute atomic E-state index is 13.2. The van der Waals surface area contributed by atoms with Crippen LogP contribution in [0, 0.1) is 27.7 Å². The molecule has 0 saturated carbocycles. The minimum atomic E-state index is -4.26. The number of aromatic nitrogens is 2. The monoisotopic (exact) mass is 533 g/mol. The lowest BCUT2D eigenvalue weighted by Crippen LogP contribution is -2.31. The van der Waals surface area contributed by atoms with Gasteiger partial charge in [-0.05, 0) is 81.3 Å². The van der Waals surface area contributed by atoms with Crippen molar-refractivity contribution in [3.63, 3.8) is 0 Å². The third-order valence-electron chi connectivity index (χ3n) is 5.75. The number of methoxy groups -OCH3 is 1. The Labute approximate surface area is 221 Å². The van der Waals surface area contributed by atoms with E-state index in [1.54, 1.807) is 31.2 Å². The zero-order chi connectivity index (χ0) is 27.6. The van der Waals surface area contributed by atoms with E-state index < -0.39 is 15.9 Å². The standard InChI is InChI=1S/C28H27N3O6S/c1-16-13-17(2)26(18(3)14-16)37-28-21(27(33)31-38(34,35)25-8-6-7-19(4)29-25)10-11-22(30-28)20-9-12-24(36-5)23(32)15-20/h6-15,32H,1-5H3,(H,31,33). The number of aromatic hydroxyl groups is 1. The molecular formula is C28H27N3O6S. The number of carbonyl (C=O) groups excluding carboxylic acids is 1. The van der Waals surface area contributed by atoms with E-state index in [1.807, 2.05) is 32.9 Å². The van der Waals surface area contributed by atoms with Crippen LogP contribution in [-0.4, -0.2) is 36.5 Å². The van der Waals surface area contributed by atoms with E-state index in [0.29, 0.717) is 28.5 Å². The third-order valence-corrected chi connectivity index (χ3v) is 6.98. The van der Waals surface area contributed by atoms with Gasteiger partial charge in [-0.2, -0.15) is 8.42 Å². The Hall–Kier alpha value is -4.44. The fraction of sp³-hybridized carbons (Fsp3) is 0.179. The number of hydrogen-bond acceptors (Lipinski definition) is 8. The molecule has 38 heavy (non-hydrogen) atoms. The average Bonchev–Trinajstić information content (AvgIpc) is 2.85. The number of carbonyl (C=O) groups is 1. The van der Waals surface area contributed by atoms with Gasteiger partial charge < -0.3 is 14.6 Å². The molecular weight excluding hydrogens is 506 g/mol. The van der Waals surface area contributed by atoms with Crippen molar-refractivity contribution in [3.8, 4) is 34.4 Å². The van der Waals surface area contributed by atoms with Gasteiger partial charge in [0.25, 0.3) is 15.9 Å². The molecule has 4 aromatic rings. The number of sulfonamides is 1. The molecule has 1 amide bonds. The molecule has 0 radical (unpaired) electrons. The smallest absolute Gasteiger partial charge is 0.281 e. The molecule has 0 aliphatic rings. The summed E-state index contributed by atoms with van der Waals surface area (Å²) < 4.78 is 39.1. The molecule has 0 bridgehead atoms. The van der Waals surface area contributed by atoms with Gasteiger partial charge in [0.05, 0.1) is 12.8 Å². The quantitative estimate of drug-likeness (QED) is 0.340. The van der Waals surface area contributed by atoms with Crippen LogP contribution in [0.15, 0.2) is 65.7 Å². The third kappa shape index (κ3) is 5.60. The fourth-order valence-corrected chi connectivity index (χ4v) is 5.00. The summed E-state index contributed by atoms with van der Waals surface area (Å²) in [6, 6.07) is 16.1. The van der Waals surface area contributed by atoms with Crippen LogP contribution in [-0.2, 0) is 10.0 Å². The van der Waals surface area contributed by atoms with Gasteiger partial charge in [0.15, 0.2) is 16.5 Å². The second-order valence-electron chi connectivity index (χ2n) is 8.82. The van der Waals surface area contributed by atoms with Crippen molar-refractivity contribution >= 4 is 15.9 Å². The topological polar surface area (TPSA) is 128 Å². The molecule has 0 unspecified atom stereocenters. The number of phenolic OH excluding ortho intramolecular Hbond substituents is 1. The van der Waals surface area contributed by atoms with Crippen LogP contribution >= 0.6 is 0 Å². The van der Waals surface area contributed by atoms with Gasteiger partial charge in [-0.25, -0.2) is 14.7 Å². The number of nitrogens with one attached hydrogen (secondary N) is 1. The lowest BCUT2D eigenvalue weighted by atomic mass is 10.1. The summed E-state index contributed by atoms with van der Waals surface area (Å²) in [5.74, 6) is -0.324. The van der Waals surface area contributed by atoms with Crippen molar-refractivity contribution in [1.29, 1.82) is 0 Å². The minimum Gasteiger partial charge on any atom is -0.504 e. The van der Waals surface area contributed by atoms with Crippen LogP contribution in [0.3, 0.4) is 0 Å². The van der Waals surface area contributed by atoms with Crippen molar-refractivity contribution < 1.29 is 27.8 Å². The van der Waals surface area contributed by atoms with E-state index in [0.717, 1.165) is 16.7 Å². The highest BCUT2D eigenvalue weighted by Crippen LogP contribution is 2.35. The van der Waals surface area contributed by atoms with E-state index in [4.69, 9.17) is 9.47 Å². The van der Waals surface area contributed by atoms with Gasteiger partial charge in [-0.1, -0.05) is 23.8 Å². The predicted octanol–water partition coefficient (Wildman–Crippen LogP) is 5.00. The number of rotatable bonds is 7. The zero-order valence-electron chi connectivity index (χ0n) is 21.6. The van der Waals surface area contributed by atoms with Crippen LogP contribution in [0.1, 0.15) is 32.7 Å². The molecule has 2 heterocycles. The highest BCUT2D eigenvalue weighted by molar-refractivity contribution is 7.90. The molecule has 2 N–H and O–H groups in total. The normalized spacial score (nSPS) is 11.2. The Morgan fingerprint density at radius 2 is 1.63 bits per heavy atom. The maximum atomic E-state index is 13.2. The maximum Gasteiger partial charge on any atom is 0.281 e. The molecule has 10 heteroatoms. The highest BCUT2D eigenvalue weighted by atomic mass is 32.2. The Balaban J connectivity index is 1.79. The van der Waals surface area contributed by atoms with E-state index in [1.165, 1.54) is 31.4 Å². The van der Waals surface area contributed by atoms with Crippen LogP contribution in [0.5, 0.6) is 23.1 Å². The van der Waals surface area contributed by atoms with Crippen molar-refractivity contribution in [2.75, 3.05) is 7.11 Å². The first kappa shape index (κ1) is 26.6. The molecule has 2 aromatic carbocycles. The van der Waals surface area contributed by atoms with Gasteiger partial charge in [-0.3, -0.25) is 4.79 Å². The van der Waals surface area contributed by atoms with Crippen LogP contribution < -0.4 is 14.2 Å². The summed E-state index contributed by atoms with van der Waals surface area (Å²) in [4.78, 5) is 21.8. The fourth-order valence-electron chi connectivity index (χ4n) is 4.02. The molecule has 0 aliphatic carbocycles. The Bertz CT molecular complexity index is 1630. The summed E-state index contributed by atoms with van der Waals surface area (Å²) in [7, 11) is -2.81. The number of pyridine rings is 2. The molecule has 0 saturated heterocycles. The molecule has 4 rings (SSSR count). The summed E-state index contributed by atoms with van der Waals surface area (Å²) in [6.07, 6.45) is 0. The minimum absolute atomic E-state index is 0.0851. The molecule has 0 aliphatic heterocycles. The molecule has 0 atom stereocenters. The molecule has 0 fully saturated rings. The van der Waals surface area contributed by atoms with Crippen molar-refractivity contribution in [3.05, 3.63) is 88.6 Å². The van der Waals surface area contributed by atoms with E-state index in [9.17, 15) is 18.3 Å². The lowest BCUT2D eigenvalue weighted by molar-refractivity contribution is 0.0978. The average molecular weight is 534 g/mol. The first-order chi connectivity index (χ1) is 18.0. The molecule has 9 nitrogen and oxygen atoms in total. The Morgan fingerprint density at radius 3 is 2.26 bits per heavy atom. The number of aryl methyl sites for hydroxylation is 4. The zero-order valence-corrected chi connectivity index (χ0v) is 22.4. The number of nitrogens with zero attached hydrogens (tertiary/aromatic N) is 2. The number of hydrogen-bond donors (Lipinski definition) is 2. The van der Waals surface area contributed by atoms with Crippen molar-refractivity contribution in [2.45, 2.75) is 32.7 Å². The van der Waals surface area contributed by atoms with E-state index >= 15 is 0 Å². The highest BCUT2D eigenvalue weighted by Gasteiger charge is 2.25. The van der Waals surface area contributed by atoms with Crippen LogP contribution in [0.25, 0.3) is 11.3 Å². The van der Waals surface area contributed by atoms with Gasteiger partial charge in [0.2, 0.25) is 5.88 Å². The lowest BCUT2D eigenvalue weighted by Gasteiger charge is -2.16. The Morgan fingerprint density at radius 1 is 0.921 bits per heavy atom. The summed E-state index contributed by atoms with van der Waals surface area (Å²) in [6.45, 7) is 7.35.